The van der Waals surface area contributed by atoms with Crippen LogP contribution >= 0.6 is 11.6 Å². The summed E-state index contributed by atoms with van der Waals surface area (Å²) >= 11 is 5.83. The van der Waals surface area contributed by atoms with Crippen molar-refractivity contribution in [3.05, 3.63) is 71.5 Å². The molecular formula is C17H14ClNO2. The molecule has 0 aliphatic heterocycles. The third kappa shape index (κ3) is 3.32. The van der Waals surface area contributed by atoms with Crippen molar-refractivity contribution >= 4 is 22.4 Å². The van der Waals surface area contributed by atoms with E-state index in [0.29, 0.717) is 10.8 Å². The third-order valence-electron chi connectivity index (χ3n) is 3.27. The molecule has 1 aromatic heterocycles. The molecule has 4 heteroatoms. The zero-order valence-corrected chi connectivity index (χ0v) is 12.0. The van der Waals surface area contributed by atoms with Crippen LogP contribution in [0.3, 0.4) is 0 Å². The lowest BCUT2D eigenvalue weighted by molar-refractivity contribution is 0.108. The number of benzene rings is 2. The average molecular weight is 300 g/mol. The van der Waals surface area contributed by atoms with Gasteiger partial charge < -0.3 is 9.84 Å². The van der Waals surface area contributed by atoms with Gasteiger partial charge in [0, 0.05) is 22.8 Å². The highest BCUT2D eigenvalue weighted by molar-refractivity contribution is 6.30. The lowest BCUT2D eigenvalue weighted by Gasteiger charge is -2.13. The molecule has 3 rings (SSSR count). The molecule has 0 saturated heterocycles. The summed E-state index contributed by atoms with van der Waals surface area (Å²) in [6.07, 6.45) is 2.86. The van der Waals surface area contributed by atoms with E-state index in [2.05, 4.69) is 4.98 Å². The smallest absolute Gasteiger partial charge is 0.120 e. The molecular weight excluding hydrogens is 286 g/mol. The van der Waals surface area contributed by atoms with Crippen molar-refractivity contribution in [3.8, 4) is 5.75 Å². The predicted octanol–water partition coefficient (Wildman–Crippen LogP) is 4.00. The number of ether oxygens (including phenoxy) is 1. The summed E-state index contributed by atoms with van der Waals surface area (Å²) in [4.78, 5) is 4.09. The van der Waals surface area contributed by atoms with Gasteiger partial charge in [0.25, 0.3) is 0 Å². The second-order valence-electron chi connectivity index (χ2n) is 4.76. The van der Waals surface area contributed by atoms with Gasteiger partial charge in [0.05, 0.1) is 0 Å². The van der Waals surface area contributed by atoms with Crippen LogP contribution in [-0.2, 0) is 0 Å². The summed E-state index contributed by atoms with van der Waals surface area (Å²) in [5, 5.41) is 12.9. The largest absolute Gasteiger partial charge is 0.491 e. The number of aliphatic hydroxyl groups excluding tert-OH is 1. The Morgan fingerprint density at radius 2 is 1.86 bits per heavy atom. The maximum atomic E-state index is 10.1. The fourth-order valence-corrected chi connectivity index (χ4v) is 2.24. The van der Waals surface area contributed by atoms with Crippen LogP contribution in [0, 0.1) is 0 Å². The maximum absolute atomic E-state index is 10.1. The van der Waals surface area contributed by atoms with Gasteiger partial charge in [-0.2, -0.15) is 0 Å². The fourth-order valence-electron chi connectivity index (χ4n) is 2.11. The van der Waals surface area contributed by atoms with E-state index in [4.69, 9.17) is 16.3 Å². The quantitative estimate of drug-likeness (QED) is 0.792. The van der Waals surface area contributed by atoms with Crippen LogP contribution in [0.2, 0.25) is 5.02 Å². The van der Waals surface area contributed by atoms with Crippen molar-refractivity contribution in [3.63, 3.8) is 0 Å². The lowest BCUT2D eigenvalue weighted by Crippen LogP contribution is -2.09. The van der Waals surface area contributed by atoms with Crippen LogP contribution < -0.4 is 4.74 Å². The lowest BCUT2D eigenvalue weighted by atomic mass is 10.1. The van der Waals surface area contributed by atoms with Crippen LogP contribution in [0.4, 0.5) is 0 Å². The Balaban J connectivity index is 1.69. The molecule has 0 fully saturated rings. The van der Waals surface area contributed by atoms with Crippen LogP contribution in [0.1, 0.15) is 11.7 Å². The van der Waals surface area contributed by atoms with Gasteiger partial charge in [-0.05, 0) is 41.3 Å². The van der Waals surface area contributed by atoms with Crippen LogP contribution in [-0.4, -0.2) is 16.7 Å². The fraction of sp³-hybridized carbons (Fsp3) is 0.118. The Hall–Kier alpha value is -2.10. The minimum Gasteiger partial charge on any atom is -0.491 e. The minimum absolute atomic E-state index is 0.188. The molecule has 0 amide bonds. The number of halogens is 1. The number of hydrogen-bond donors (Lipinski definition) is 1. The van der Waals surface area contributed by atoms with E-state index in [0.717, 1.165) is 16.3 Å². The molecule has 0 radical (unpaired) electrons. The van der Waals surface area contributed by atoms with Crippen molar-refractivity contribution in [2.24, 2.45) is 0 Å². The summed E-state index contributed by atoms with van der Waals surface area (Å²) in [7, 11) is 0. The van der Waals surface area contributed by atoms with Crippen LogP contribution in [0.25, 0.3) is 10.8 Å². The van der Waals surface area contributed by atoms with Crippen molar-refractivity contribution in [2.75, 3.05) is 6.61 Å². The topological polar surface area (TPSA) is 42.4 Å². The highest BCUT2D eigenvalue weighted by atomic mass is 35.5. The second kappa shape index (κ2) is 6.12. The summed E-state index contributed by atoms with van der Waals surface area (Å²) in [6, 6.07) is 14.8. The predicted molar refractivity (Wildman–Crippen MR) is 83.6 cm³/mol. The van der Waals surface area contributed by atoms with E-state index < -0.39 is 6.10 Å². The molecule has 0 aliphatic carbocycles. The Morgan fingerprint density at radius 1 is 1.05 bits per heavy atom. The van der Waals surface area contributed by atoms with Gasteiger partial charge >= 0.3 is 0 Å². The summed E-state index contributed by atoms with van der Waals surface area (Å²) in [5.41, 5.74) is 0.779. The van der Waals surface area contributed by atoms with Gasteiger partial charge in [-0.25, -0.2) is 0 Å². The number of nitrogens with zero attached hydrogens (tertiary/aromatic N) is 1. The standard InChI is InChI=1S/C17H14ClNO2/c18-15-4-1-13(2-5-15)17(20)11-21-16-6-3-12-7-8-19-10-14(12)9-16/h1-10,17,20H,11H2/t17-/m0/s1. The first-order chi connectivity index (χ1) is 10.2. The minimum atomic E-state index is -0.688. The van der Waals surface area contributed by atoms with Gasteiger partial charge in [-0.1, -0.05) is 29.8 Å². The maximum Gasteiger partial charge on any atom is 0.120 e. The number of hydrogen-bond acceptors (Lipinski definition) is 3. The van der Waals surface area contributed by atoms with Crippen LogP contribution in [0.5, 0.6) is 5.75 Å². The number of rotatable bonds is 4. The molecule has 3 aromatic rings. The number of aliphatic hydroxyl groups is 1. The molecule has 1 N–H and O–H groups in total. The van der Waals surface area contributed by atoms with Crippen molar-refractivity contribution < 1.29 is 9.84 Å². The molecule has 0 unspecified atom stereocenters. The molecule has 106 valence electrons. The molecule has 0 spiro atoms. The van der Waals surface area contributed by atoms with Gasteiger partial charge in [0.2, 0.25) is 0 Å². The van der Waals surface area contributed by atoms with Gasteiger partial charge in [-0.15, -0.1) is 0 Å². The Bertz CT molecular complexity index is 743. The highest BCUT2D eigenvalue weighted by Gasteiger charge is 2.08. The first-order valence-corrected chi connectivity index (χ1v) is 7.00. The summed E-state index contributed by atoms with van der Waals surface area (Å²) in [6.45, 7) is 0.188. The van der Waals surface area contributed by atoms with E-state index in [1.165, 1.54) is 0 Å². The molecule has 1 atom stereocenters. The number of fused-ring (bicyclic) bond motifs is 1. The number of aromatic nitrogens is 1. The number of pyridine rings is 1. The van der Waals surface area contributed by atoms with E-state index in [9.17, 15) is 5.11 Å². The van der Waals surface area contributed by atoms with Crippen LogP contribution in [0.15, 0.2) is 60.9 Å². The van der Waals surface area contributed by atoms with Gasteiger partial charge in [0.15, 0.2) is 0 Å². The van der Waals surface area contributed by atoms with Gasteiger partial charge in [0.1, 0.15) is 18.5 Å². The average Bonchev–Trinajstić information content (AvgIpc) is 2.53. The normalized spacial score (nSPS) is 12.3. The van der Waals surface area contributed by atoms with Gasteiger partial charge in [-0.3, -0.25) is 4.98 Å². The van der Waals surface area contributed by atoms with E-state index >= 15 is 0 Å². The zero-order valence-electron chi connectivity index (χ0n) is 11.2. The molecule has 21 heavy (non-hydrogen) atoms. The molecule has 0 aliphatic rings. The Morgan fingerprint density at radius 3 is 2.67 bits per heavy atom. The molecule has 0 saturated carbocycles. The Labute approximate surface area is 127 Å². The zero-order chi connectivity index (χ0) is 14.7. The first-order valence-electron chi connectivity index (χ1n) is 6.62. The SMILES string of the molecule is O[C@@H](COc1ccc2ccncc2c1)c1ccc(Cl)cc1. The Kier molecular flexibility index (Phi) is 4.04. The molecule has 2 aromatic carbocycles. The third-order valence-corrected chi connectivity index (χ3v) is 3.53. The first kappa shape index (κ1) is 13.9. The highest BCUT2D eigenvalue weighted by Crippen LogP contribution is 2.22. The molecule has 3 nitrogen and oxygen atoms in total. The van der Waals surface area contributed by atoms with Crippen molar-refractivity contribution in [1.82, 2.24) is 4.98 Å². The molecule has 0 bridgehead atoms. The van der Waals surface area contributed by atoms with Crippen molar-refractivity contribution in [1.29, 1.82) is 0 Å². The van der Waals surface area contributed by atoms with E-state index in [1.807, 2.05) is 24.3 Å². The van der Waals surface area contributed by atoms with E-state index in [-0.39, 0.29) is 6.61 Å². The summed E-state index contributed by atoms with van der Waals surface area (Å²) in [5.74, 6) is 0.712. The summed E-state index contributed by atoms with van der Waals surface area (Å²) < 4.78 is 5.65. The van der Waals surface area contributed by atoms with E-state index in [1.54, 1.807) is 36.7 Å². The molecule has 1 heterocycles. The monoisotopic (exact) mass is 299 g/mol. The van der Waals surface area contributed by atoms with Crippen molar-refractivity contribution in [2.45, 2.75) is 6.10 Å². The second-order valence-corrected chi connectivity index (χ2v) is 5.20.